The van der Waals surface area contributed by atoms with Crippen molar-refractivity contribution in [2.24, 2.45) is 0 Å². The number of hydrogen-bond acceptors (Lipinski definition) is 10. The van der Waals surface area contributed by atoms with E-state index in [1.807, 2.05) is 6.92 Å². The number of para-hydroxylation sites is 1. The molecule has 3 aliphatic heterocycles. The van der Waals surface area contributed by atoms with Crippen molar-refractivity contribution < 1.29 is 43.2 Å². The van der Waals surface area contributed by atoms with Crippen LogP contribution in [0.4, 0.5) is 0 Å². The molecule has 0 spiro atoms. The van der Waals surface area contributed by atoms with Crippen LogP contribution in [0.2, 0.25) is 0 Å². The normalized spacial score (nSPS) is 18.2. The van der Waals surface area contributed by atoms with Crippen LogP contribution in [0.5, 0.6) is 17.2 Å². The number of esters is 1. The van der Waals surface area contributed by atoms with Crippen LogP contribution in [-0.4, -0.2) is 105 Å². The molecule has 44 heavy (non-hydrogen) atoms. The molecule has 2 N–H and O–H groups in total. The number of ether oxygens (including phenoxy) is 4. The molecule has 13 nitrogen and oxygen atoms in total. The van der Waals surface area contributed by atoms with Gasteiger partial charge < -0.3 is 33.9 Å². The Balaban J connectivity index is 0.00000384. The predicted octanol–water partition coefficient (Wildman–Crippen LogP) is 1.08. The average molecular weight is 632 g/mol. The van der Waals surface area contributed by atoms with Gasteiger partial charge in [-0.1, -0.05) is 18.2 Å². The Morgan fingerprint density at radius 3 is 2.55 bits per heavy atom. The molecule has 3 aliphatic rings. The molecule has 6 rings (SSSR count). The number of carboxylic acid groups (broad SMARTS) is 1. The van der Waals surface area contributed by atoms with Crippen molar-refractivity contribution in [3.63, 3.8) is 0 Å². The van der Waals surface area contributed by atoms with Crippen molar-refractivity contribution in [1.82, 2.24) is 14.8 Å². The van der Waals surface area contributed by atoms with E-state index >= 15 is 0 Å². The predicted molar refractivity (Wildman–Crippen MR) is 159 cm³/mol. The van der Waals surface area contributed by atoms with Gasteiger partial charge in [-0.2, -0.15) is 0 Å². The third-order valence-corrected chi connectivity index (χ3v) is 8.53. The van der Waals surface area contributed by atoms with Gasteiger partial charge >= 0.3 is 41.5 Å². The molecule has 2 aromatic carbocycles. The summed E-state index contributed by atoms with van der Waals surface area (Å²) >= 11 is 1.23. The summed E-state index contributed by atoms with van der Waals surface area (Å²) in [6, 6.07) is 11.0. The maximum absolute atomic E-state index is 13.2. The number of aliphatic carboxylic acids is 1. The van der Waals surface area contributed by atoms with Gasteiger partial charge in [-0.25, -0.2) is 9.59 Å². The zero-order valence-corrected chi connectivity index (χ0v) is 23.5. The van der Waals surface area contributed by atoms with E-state index in [0.29, 0.717) is 29.3 Å². The maximum atomic E-state index is 13.2. The Bertz CT molecular complexity index is 1760. The fourth-order valence-corrected chi connectivity index (χ4v) is 6.42. The monoisotopic (exact) mass is 631 g/mol. The van der Waals surface area contributed by atoms with Crippen LogP contribution in [0.15, 0.2) is 64.7 Å². The van der Waals surface area contributed by atoms with Gasteiger partial charge in [0.15, 0.2) is 18.1 Å². The minimum absolute atomic E-state index is 0. The van der Waals surface area contributed by atoms with E-state index in [-0.39, 0.29) is 70.9 Å². The molecular weight excluding hydrogens is 605 g/mol. The van der Waals surface area contributed by atoms with Crippen LogP contribution in [0.1, 0.15) is 17.3 Å². The van der Waals surface area contributed by atoms with E-state index in [4.69, 9.17) is 18.9 Å². The molecule has 224 valence electrons. The summed E-state index contributed by atoms with van der Waals surface area (Å²) in [5, 5.41) is 12.1. The first-order valence-corrected chi connectivity index (χ1v) is 14.3. The average Bonchev–Trinajstić information content (AvgIpc) is 3.48. The number of fused-ring (bicyclic) bond motifs is 3. The minimum atomic E-state index is -1.38. The Hall–Kier alpha value is -3.98. The Kier molecular flexibility index (Phi) is 9.25. The second kappa shape index (κ2) is 12.9. The third-order valence-electron chi connectivity index (χ3n) is 7.19. The first-order chi connectivity index (χ1) is 20.8. The fraction of sp³-hybridized carbons (Fsp3) is 0.276. The molecule has 1 aromatic heterocycles. The van der Waals surface area contributed by atoms with E-state index in [9.17, 15) is 29.1 Å². The van der Waals surface area contributed by atoms with Crippen molar-refractivity contribution in [3.05, 3.63) is 75.7 Å². The molecule has 4 heterocycles. The molecular formula is C29H26N3NaO10S. The standard InChI is InChI=1S/C29H25N3O10S.Na.H/c1-2-31-10-18(25(34)17-8-20-21(9-19(17)31)42-14-41-20)29(38)40-11-15-13-43-27-23(26(35)32(27)24(15)28(36)37)30-22(33)12-39-16-6-4-3-5-7-16;;/h3-10,23,27H,2,11-14H2,1H3,(H,30,33)(H,36,37);;/t23?,27-;;/m1../s1. The number of amides is 2. The van der Waals surface area contributed by atoms with Gasteiger partial charge in [-0.3, -0.25) is 19.3 Å². The third kappa shape index (κ3) is 5.77. The number of hydrogen-bond donors (Lipinski definition) is 2. The number of carbonyl (C=O) groups is 4. The molecule has 0 radical (unpaired) electrons. The van der Waals surface area contributed by atoms with Gasteiger partial charge in [0.1, 0.15) is 35.0 Å². The molecule has 0 bridgehead atoms. The number of aromatic nitrogens is 1. The van der Waals surface area contributed by atoms with Crippen LogP contribution in [0, 0.1) is 0 Å². The quantitative estimate of drug-likeness (QED) is 0.197. The van der Waals surface area contributed by atoms with Crippen molar-refractivity contribution in [3.8, 4) is 17.2 Å². The first kappa shape index (κ1) is 31.4. The van der Waals surface area contributed by atoms with Gasteiger partial charge in [0, 0.05) is 30.1 Å². The number of thioether (sulfide) groups is 1. The number of carboxylic acids is 1. The Morgan fingerprint density at radius 2 is 1.84 bits per heavy atom. The number of nitrogens with one attached hydrogen (secondary N) is 1. The van der Waals surface area contributed by atoms with Crippen LogP contribution < -0.4 is 25.0 Å². The molecule has 3 aromatic rings. The number of pyridine rings is 1. The number of nitrogens with zero attached hydrogens (tertiary/aromatic N) is 2. The Morgan fingerprint density at radius 1 is 1.11 bits per heavy atom. The summed E-state index contributed by atoms with van der Waals surface area (Å²) < 4.78 is 23.3. The molecule has 1 saturated heterocycles. The summed E-state index contributed by atoms with van der Waals surface area (Å²) in [5.41, 5.74) is -0.366. The summed E-state index contributed by atoms with van der Waals surface area (Å²) in [7, 11) is 0. The van der Waals surface area contributed by atoms with E-state index in [1.165, 1.54) is 24.0 Å². The van der Waals surface area contributed by atoms with Crippen molar-refractivity contribution in [2.45, 2.75) is 24.9 Å². The molecule has 1 unspecified atom stereocenters. The van der Waals surface area contributed by atoms with Gasteiger partial charge in [-0.05, 0) is 25.1 Å². The van der Waals surface area contributed by atoms with Crippen LogP contribution in [0.25, 0.3) is 10.9 Å². The van der Waals surface area contributed by atoms with Crippen molar-refractivity contribution in [1.29, 1.82) is 0 Å². The number of β-lactam (4-membered cyclic amide) rings is 1. The van der Waals surface area contributed by atoms with Crippen molar-refractivity contribution >= 4 is 76.0 Å². The van der Waals surface area contributed by atoms with E-state index in [0.717, 1.165) is 4.90 Å². The summed E-state index contributed by atoms with van der Waals surface area (Å²) in [6.07, 6.45) is 1.39. The molecule has 0 saturated carbocycles. The molecule has 0 aliphatic carbocycles. The summed E-state index contributed by atoms with van der Waals surface area (Å²) in [6.45, 7) is 1.55. The van der Waals surface area contributed by atoms with E-state index in [1.54, 1.807) is 41.0 Å². The zero-order chi connectivity index (χ0) is 30.2. The first-order valence-electron chi connectivity index (χ1n) is 13.3. The van der Waals surface area contributed by atoms with Crippen LogP contribution in [-0.2, 0) is 25.7 Å². The second-order valence-corrected chi connectivity index (χ2v) is 10.9. The zero-order valence-electron chi connectivity index (χ0n) is 22.7. The number of rotatable bonds is 9. The fourth-order valence-electron chi connectivity index (χ4n) is 5.09. The van der Waals surface area contributed by atoms with Crippen molar-refractivity contribution in [2.75, 3.05) is 25.8 Å². The van der Waals surface area contributed by atoms with Crippen LogP contribution in [0.3, 0.4) is 0 Å². The topological polar surface area (TPSA) is 163 Å². The van der Waals surface area contributed by atoms with E-state index < -0.39 is 47.2 Å². The summed E-state index contributed by atoms with van der Waals surface area (Å²) in [5.74, 6) is -1.95. The molecule has 2 amide bonds. The van der Waals surface area contributed by atoms with Gasteiger partial charge in [-0.15, -0.1) is 11.8 Å². The summed E-state index contributed by atoms with van der Waals surface area (Å²) in [4.78, 5) is 64.9. The molecule has 1 fully saturated rings. The van der Waals surface area contributed by atoms with Gasteiger partial charge in [0.2, 0.25) is 12.2 Å². The molecule has 15 heteroatoms. The SMILES string of the molecule is CCn1cc(C(=O)OCC2=C(C(=O)O)N3C(=O)C(NC(=O)COc4ccccc4)[C@H]3SC2)c(=O)c2cc3c(cc21)OCO3.[NaH]. The molecule has 2 atom stereocenters. The number of carbonyl (C=O) groups excluding carboxylic acids is 3. The van der Waals surface area contributed by atoms with Gasteiger partial charge in [0.25, 0.3) is 11.8 Å². The number of benzene rings is 2. The second-order valence-electron chi connectivity index (χ2n) is 9.77. The number of aryl methyl sites for hydroxylation is 1. The van der Waals surface area contributed by atoms with E-state index in [2.05, 4.69) is 5.32 Å². The van der Waals surface area contributed by atoms with Crippen LogP contribution >= 0.6 is 11.8 Å². The van der Waals surface area contributed by atoms with Gasteiger partial charge in [0.05, 0.1) is 10.9 Å². The Labute approximate surface area is 276 Å².